The first-order chi connectivity index (χ1) is 12.0. The Morgan fingerprint density at radius 1 is 1.04 bits per heavy atom. The van der Waals surface area contributed by atoms with Gasteiger partial charge in [0.1, 0.15) is 10.6 Å². The third kappa shape index (κ3) is 2.59. The molecule has 8 heteroatoms. The van der Waals surface area contributed by atoms with Crippen LogP contribution in [0.4, 0.5) is 5.69 Å². The lowest BCUT2D eigenvalue weighted by molar-refractivity contribution is 0.0275. The number of hydrogen-bond donors (Lipinski definition) is 3. The summed E-state index contributed by atoms with van der Waals surface area (Å²) in [6.07, 6.45) is 0.577. The maximum Gasteiger partial charge on any atom is 0.245 e. The van der Waals surface area contributed by atoms with E-state index in [4.69, 9.17) is 0 Å². The highest BCUT2D eigenvalue weighted by molar-refractivity contribution is 7.89. The summed E-state index contributed by atoms with van der Waals surface area (Å²) in [5.41, 5.74) is 2.83. The third-order valence-electron chi connectivity index (χ3n) is 4.55. The van der Waals surface area contributed by atoms with E-state index in [9.17, 15) is 18.8 Å². The van der Waals surface area contributed by atoms with Gasteiger partial charge in [-0.3, -0.25) is 10.4 Å². The Kier molecular flexibility index (Phi) is 3.77. The fourth-order valence-electron chi connectivity index (χ4n) is 3.33. The first-order valence-electron chi connectivity index (χ1n) is 7.84. The standard InChI is InChI=1S/C17H17N3O4S/c21-20(22)16-7-3-4-8-17(16)25(23,24)19-10-9-15-13(11-19)12-5-1-2-6-14(12)18-15/h1-8,18,21-22H,9-11H2. The van der Waals surface area contributed by atoms with Gasteiger partial charge in [-0.2, -0.15) is 4.31 Å². The van der Waals surface area contributed by atoms with Gasteiger partial charge in [0.25, 0.3) is 0 Å². The van der Waals surface area contributed by atoms with E-state index >= 15 is 0 Å². The molecular weight excluding hydrogens is 342 g/mol. The summed E-state index contributed by atoms with van der Waals surface area (Å²) in [6, 6.07) is 13.6. The third-order valence-corrected chi connectivity index (χ3v) is 6.44. The number of para-hydroxylation sites is 2. The molecule has 1 aliphatic rings. The van der Waals surface area contributed by atoms with Crippen LogP contribution in [0.2, 0.25) is 0 Å². The first-order valence-corrected chi connectivity index (χ1v) is 9.28. The van der Waals surface area contributed by atoms with Crippen molar-refractivity contribution in [1.82, 2.24) is 9.29 Å². The van der Waals surface area contributed by atoms with Crippen molar-refractivity contribution in [3.63, 3.8) is 0 Å². The molecule has 0 amide bonds. The van der Waals surface area contributed by atoms with Crippen LogP contribution >= 0.6 is 0 Å². The molecular formula is C17H17N3O4S. The molecule has 0 saturated heterocycles. The summed E-state index contributed by atoms with van der Waals surface area (Å²) in [5, 5.41) is 19.5. The minimum Gasteiger partial charge on any atom is -0.358 e. The number of sulfonamides is 1. The number of aromatic amines is 1. The molecule has 7 nitrogen and oxygen atoms in total. The number of rotatable bonds is 3. The topological polar surface area (TPSA) is 96.9 Å². The van der Waals surface area contributed by atoms with Crippen LogP contribution in [0.5, 0.6) is 0 Å². The maximum absolute atomic E-state index is 13.0. The quantitative estimate of drug-likeness (QED) is 0.624. The van der Waals surface area contributed by atoms with E-state index in [0.29, 0.717) is 13.0 Å². The predicted molar refractivity (Wildman–Crippen MR) is 92.1 cm³/mol. The maximum atomic E-state index is 13.0. The minimum absolute atomic E-state index is 0.136. The normalized spacial score (nSPS) is 15.3. The number of aromatic nitrogens is 1. The zero-order valence-electron chi connectivity index (χ0n) is 13.3. The Morgan fingerprint density at radius 3 is 2.56 bits per heavy atom. The van der Waals surface area contributed by atoms with Gasteiger partial charge in [0, 0.05) is 36.1 Å². The van der Waals surface area contributed by atoms with Gasteiger partial charge in [0.2, 0.25) is 10.0 Å². The van der Waals surface area contributed by atoms with Gasteiger partial charge >= 0.3 is 0 Å². The molecule has 3 N–H and O–H groups in total. The monoisotopic (exact) mass is 359 g/mol. The molecule has 1 aromatic heterocycles. The van der Waals surface area contributed by atoms with Crippen molar-refractivity contribution in [2.45, 2.75) is 17.9 Å². The van der Waals surface area contributed by atoms with E-state index in [1.54, 1.807) is 12.1 Å². The Morgan fingerprint density at radius 2 is 1.76 bits per heavy atom. The van der Waals surface area contributed by atoms with Crippen LogP contribution in [0.25, 0.3) is 10.9 Å². The van der Waals surface area contributed by atoms with Gasteiger partial charge in [-0.05, 0) is 23.8 Å². The molecule has 0 fully saturated rings. The SMILES string of the molecule is O=S(=O)(c1ccccc1N(O)O)N1CCc2[nH]c3ccccc3c2C1. The molecule has 0 radical (unpaired) electrons. The van der Waals surface area contributed by atoms with E-state index in [1.807, 2.05) is 24.3 Å². The van der Waals surface area contributed by atoms with Crippen molar-refractivity contribution < 1.29 is 18.8 Å². The number of benzene rings is 2. The smallest absolute Gasteiger partial charge is 0.245 e. The van der Waals surface area contributed by atoms with Gasteiger partial charge in [-0.15, -0.1) is 5.23 Å². The summed E-state index contributed by atoms with van der Waals surface area (Å²) in [4.78, 5) is 3.21. The Balaban J connectivity index is 1.76. The molecule has 0 unspecified atom stereocenters. The highest BCUT2D eigenvalue weighted by atomic mass is 32.2. The lowest BCUT2D eigenvalue weighted by Gasteiger charge is -2.27. The highest BCUT2D eigenvalue weighted by Gasteiger charge is 2.32. The lowest BCUT2D eigenvalue weighted by atomic mass is 10.1. The van der Waals surface area contributed by atoms with Gasteiger partial charge in [0.05, 0.1) is 0 Å². The average Bonchev–Trinajstić information content (AvgIpc) is 2.99. The molecule has 0 saturated carbocycles. The van der Waals surface area contributed by atoms with Crippen molar-refractivity contribution in [2.24, 2.45) is 0 Å². The number of nitrogens with one attached hydrogen (secondary N) is 1. The fourth-order valence-corrected chi connectivity index (χ4v) is 4.90. The zero-order valence-corrected chi connectivity index (χ0v) is 14.1. The van der Waals surface area contributed by atoms with Crippen molar-refractivity contribution in [1.29, 1.82) is 0 Å². The molecule has 130 valence electrons. The average molecular weight is 359 g/mol. The van der Waals surface area contributed by atoms with Gasteiger partial charge in [-0.1, -0.05) is 30.3 Å². The van der Waals surface area contributed by atoms with Gasteiger partial charge in [-0.25, -0.2) is 8.42 Å². The van der Waals surface area contributed by atoms with E-state index in [1.165, 1.54) is 16.4 Å². The molecule has 0 atom stereocenters. The van der Waals surface area contributed by atoms with Crippen molar-refractivity contribution in [3.05, 3.63) is 59.8 Å². The molecule has 2 heterocycles. The van der Waals surface area contributed by atoms with E-state index in [2.05, 4.69) is 4.98 Å². The van der Waals surface area contributed by atoms with Crippen LogP contribution in [0.3, 0.4) is 0 Å². The number of nitrogens with zero attached hydrogens (tertiary/aromatic N) is 2. The summed E-state index contributed by atoms with van der Waals surface area (Å²) in [6.45, 7) is 0.570. The number of fused-ring (bicyclic) bond motifs is 3. The fraction of sp³-hybridized carbons (Fsp3) is 0.176. The Bertz CT molecular complexity index is 1040. The highest BCUT2D eigenvalue weighted by Crippen LogP contribution is 2.32. The number of hydrogen-bond acceptors (Lipinski definition) is 5. The molecule has 2 aromatic carbocycles. The summed E-state index contributed by atoms with van der Waals surface area (Å²) in [7, 11) is -3.87. The van der Waals surface area contributed by atoms with E-state index in [-0.39, 0.29) is 22.4 Å². The number of H-pyrrole nitrogens is 1. The second-order valence-corrected chi connectivity index (χ2v) is 7.88. The molecule has 0 bridgehead atoms. The van der Waals surface area contributed by atoms with Crippen molar-refractivity contribution >= 4 is 26.6 Å². The summed E-state index contributed by atoms with van der Waals surface area (Å²) < 4.78 is 27.5. The molecule has 4 rings (SSSR count). The molecule has 1 aliphatic heterocycles. The largest absolute Gasteiger partial charge is 0.358 e. The summed E-state index contributed by atoms with van der Waals surface area (Å²) in [5.74, 6) is 0. The lowest BCUT2D eigenvalue weighted by Crippen LogP contribution is -2.36. The van der Waals surface area contributed by atoms with Crippen LogP contribution in [-0.4, -0.2) is 34.7 Å². The van der Waals surface area contributed by atoms with Crippen LogP contribution in [0.15, 0.2) is 53.4 Å². The number of anilines is 1. The molecule has 0 spiro atoms. The van der Waals surface area contributed by atoms with E-state index < -0.39 is 10.0 Å². The van der Waals surface area contributed by atoms with Crippen molar-refractivity contribution in [3.8, 4) is 0 Å². The second kappa shape index (κ2) is 5.85. The van der Waals surface area contributed by atoms with Crippen LogP contribution in [0.1, 0.15) is 11.3 Å². The van der Waals surface area contributed by atoms with Crippen molar-refractivity contribution in [2.75, 3.05) is 11.8 Å². The molecule has 25 heavy (non-hydrogen) atoms. The van der Waals surface area contributed by atoms with Gasteiger partial charge < -0.3 is 4.98 Å². The Hall–Kier alpha value is -2.39. The second-order valence-electron chi connectivity index (χ2n) is 5.97. The van der Waals surface area contributed by atoms with Crippen LogP contribution < -0.4 is 5.23 Å². The van der Waals surface area contributed by atoms with E-state index in [0.717, 1.165) is 22.2 Å². The summed E-state index contributed by atoms with van der Waals surface area (Å²) >= 11 is 0. The molecule has 0 aliphatic carbocycles. The molecule has 3 aromatic rings. The first kappa shape index (κ1) is 16.1. The van der Waals surface area contributed by atoms with Crippen LogP contribution in [-0.2, 0) is 23.0 Å². The minimum atomic E-state index is -3.87. The Labute approximate surface area is 144 Å². The van der Waals surface area contributed by atoms with Gasteiger partial charge in [0.15, 0.2) is 0 Å². The predicted octanol–water partition coefficient (Wildman–Crippen LogP) is 2.50. The van der Waals surface area contributed by atoms with Crippen LogP contribution in [0, 0.1) is 0 Å². The zero-order chi connectivity index (χ0) is 17.6.